The SMILES string of the molecule is CC1CC2C3CC3C(C)(P1)C1CC21. The highest BCUT2D eigenvalue weighted by Crippen LogP contribution is 2.78. The van der Waals surface area contributed by atoms with E-state index in [0.717, 1.165) is 10.8 Å². The molecule has 2 saturated heterocycles. The molecular weight excluding hydrogens is 175 g/mol. The Balaban J connectivity index is 1.82. The lowest BCUT2D eigenvalue weighted by Gasteiger charge is -2.33. The second-order valence-corrected chi connectivity index (χ2v) is 8.59. The van der Waals surface area contributed by atoms with E-state index in [0.29, 0.717) is 0 Å². The molecule has 72 valence electrons. The average Bonchev–Trinajstić information content (AvgIpc) is 2.83. The van der Waals surface area contributed by atoms with Crippen LogP contribution < -0.4 is 0 Å². The number of fused-ring (bicyclic) bond motifs is 2. The molecule has 0 N–H and O–H groups in total. The predicted octanol–water partition coefficient (Wildman–Crippen LogP) is 3.12. The Hall–Kier alpha value is 0.430. The lowest BCUT2D eigenvalue weighted by Crippen LogP contribution is -2.30. The summed E-state index contributed by atoms with van der Waals surface area (Å²) in [5.74, 6) is 5.96. The lowest BCUT2D eigenvalue weighted by molar-refractivity contribution is 0.276. The Labute approximate surface area is 82.6 Å². The summed E-state index contributed by atoms with van der Waals surface area (Å²) in [6, 6.07) is 0. The van der Waals surface area contributed by atoms with Crippen LogP contribution in [-0.4, -0.2) is 10.8 Å². The summed E-state index contributed by atoms with van der Waals surface area (Å²) >= 11 is 0. The molecule has 6 unspecified atom stereocenters. The third kappa shape index (κ3) is 0.788. The van der Waals surface area contributed by atoms with E-state index in [-0.39, 0.29) is 0 Å². The maximum absolute atomic E-state index is 2.64. The molecule has 2 aliphatic heterocycles. The fraction of sp³-hybridized carbons (Fsp3) is 1.00. The molecule has 0 spiro atoms. The first kappa shape index (κ1) is 7.69. The Morgan fingerprint density at radius 1 is 1.00 bits per heavy atom. The molecule has 1 heteroatoms. The molecule has 5 aliphatic rings. The minimum Gasteiger partial charge on any atom is -0.112 e. The van der Waals surface area contributed by atoms with Gasteiger partial charge in [0.2, 0.25) is 0 Å². The van der Waals surface area contributed by atoms with Crippen molar-refractivity contribution in [2.45, 2.75) is 43.9 Å². The first-order chi connectivity index (χ1) is 6.20. The quantitative estimate of drug-likeness (QED) is 0.520. The van der Waals surface area contributed by atoms with E-state index in [2.05, 4.69) is 13.8 Å². The summed E-state index contributed by atoms with van der Waals surface area (Å²) in [6.45, 7) is 5.15. The van der Waals surface area contributed by atoms with Gasteiger partial charge in [-0.2, -0.15) is 0 Å². The Kier molecular flexibility index (Phi) is 1.19. The molecule has 2 bridgehead atoms. The standard InChI is InChI=1S/C12H19P/c1-6-3-7-8-4-10(8)12(2,13-6)11-5-9(7)11/h6-11,13H,3-5H2,1-2H3. The van der Waals surface area contributed by atoms with Crippen LogP contribution in [0.1, 0.15) is 33.1 Å². The van der Waals surface area contributed by atoms with Gasteiger partial charge in [0, 0.05) is 0 Å². The molecule has 5 rings (SSSR count). The van der Waals surface area contributed by atoms with Crippen LogP contribution >= 0.6 is 8.58 Å². The van der Waals surface area contributed by atoms with E-state index in [9.17, 15) is 0 Å². The minimum atomic E-state index is 0.835. The average molecular weight is 194 g/mol. The van der Waals surface area contributed by atoms with Gasteiger partial charge in [0.25, 0.3) is 0 Å². The van der Waals surface area contributed by atoms with Gasteiger partial charge in [0.05, 0.1) is 0 Å². The molecule has 3 aliphatic carbocycles. The second kappa shape index (κ2) is 2.01. The maximum atomic E-state index is 2.64. The molecule has 0 radical (unpaired) electrons. The van der Waals surface area contributed by atoms with Gasteiger partial charge in [0.1, 0.15) is 0 Å². The highest BCUT2D eigenvalue weighted by Gasteiger charge is 2.71. The molecule has 0 aromatic carbocycles. The smallest absolute Gasteiger partial charge is 0.00857 e. The minimum absolute atomic E-state index is 0.835. The predicted molar refractivity (Wildman–Crippen MR) is 57.5 cm³/mol. The highest BCUT2D eigenvalue weighted by molar-refractivity contribution is 7.41. The number of rotatable bonds is 0. The van der Waals surface area contributed by atoms with Crippen molar-refractivity contribution < 1.29 is 0 Å². The van der Waals surface area contributed by atoms with Crippen LogP contribution in [0, 0.1) is 29.6 Å². The maximum Gasteiger partial charge on any atom is -0.00857 e. The molecule has 0 nitrogen and oxygen atoms in total. The van der Waals surface area contributed by atoms with Gasteiger partial charge in [-0.25, -0.2) is 0 Å². The van der Waals surface area contributed by atoms with Crippen molar-refractivity contribution in [3.05, 3.63) is 0 Å². The molecule has 0 aromatic rings. The first-order valence-electron chi connectivity index (χ1n) is 5.98. The molecule has 6 atom stereocenters. The Bertz CT molecular complexity index is 254. The number of hydrogen-bond donors (Lipinski definition) is 0. The highest BCUT2D eigenvalue weighted by atomic mass is 31.1. The second-order valence-electron chi connectivity index (χ2n) is 6.24. The topological polar surface area (TPSA) is 0 Å². The molecule has 5 fully saturated rings. The summed E-state index contributed by atoms with van der Waals surface area (Å²) in [7, 11) is 1.30. The Morgan fingerprint density at radius 2 is 1.62 bits per heavy atom. The lowest BCUT2D eigenvalue weighted by atomic mass is 9.81. The zero-order chi connectivity index (χ0) is 8.79. The van der Waals surface area contributed by atoms with Crippen LogP contribution in [0.5, 0.6) is 0 Å². The third-order valence-electron chi connectivity index (χ3n) is 5.50. The van der Waals surface area contributed by atoms with Crippen molar-refractivity contribution in [3.63, 3.8) is 0 Å². The molecule has 3 saturated carbocycles. The first-order valence-corrected chi connectivity index (χ1v) is 7.05. The fourth-order valence-electron chi connectivity index (χ4n) is 4.91. The van der Waals surface area contributed by atoms with Crippen LogP contribution in [-0.2, 0) is 0 Å². The van der Waals surface area contributed by atoms with Crippen molar-refractivity contribution in [2.24, 2.45) is 29.6 Å². The van der Waals surface area contributed by atoms with Gasteiger partial charge in [-0.15, -0.1) is 8.58 Å². The third-order valence-corrected chi connectivity index (χ3v) is 7.60. The normalized spacial score (nSPS) is 74.3. The van der Waals surface area contributed by atoms with E-state index in [1.54, 1.807) is 19.3 Å². The van der Waals surface area contributed by atoms with E-state index in [1.165, 1.54) is 38.2 Å². The summed E-state index contributed by atoms with van der Waals surface area (Å²) in [5.41, 5.74) is 1.07. The molecule has 0 amide bonds. The zero-order valence-electron chi connectivity index (χ0n) is 8.59. The Morgan fingerprint density at radius 3 is 2.23 bits per heavy atom. The monoisotopic (exact) mass is 194 g/mol. The van der Waals surface area contributed by atoms with Crippen molar-refractivity contribution >= 4 is 8.58 Å². The van der Waals surface area contributed by atoms with E-state index in [4.69, 9.17) is 0 Å². The van der Waals surface area contributed by atoms with Crippen molar-refractivity contribution in [1.29, 1.82) is 0 Å². The van der Waals surface area contributed by atoms with Gasteiger partial charge >= 0.3 is 0 Å². The van der Waals surface area contributed by atoms with E-state index in [1.807, 2.05) is 0 Å². The van der Waals surface area contributed by atoms with Crippen LogP contribution in [0.4, 0.5) is 0 Å². The summed E-state index contributed by atoms with van der Waals surface area (Å²) in [4.78, 5) is 0. The molecule has 13 heavy (non-hydrogen) atoms. The van der Waals surface area contributed by atoms with Gasteiger partial charge in [-0.3, -0.25) is 0 Å². The van der Waals surface area contributed by atoms with Crippen LogP contribution in [0.3, 0.4) is 0 Å². The van der Waals surface area contributed by atoms with Gasteiger partial charge in [-0.05, 0) is 59.7 Å². The van der Waals surface area contributed by atoms with Crippen molar-refractivity contribution in [2.75, 3.05) is 0 Å². The van der Waals surface area contributed by atoms with Gasteiger partial charge < -0.3 is 0 Å². The molecule has 0 aromatic heterocycles. The zero-order valence-corrected chi connectivity index (χ0v) is 9.59. The van der Waals surface area contributed by atoms with Gasteiger partial charge in [0.15, 0.2) is 0 Å². The summed E-state index contributed by atoms with van der Waals surface area (Å²) in [6.07, 6.45) is 4.83. The molecule has 2 heterocycles. The fourth-order valence-corrected chi connectivity index (χ4v) is 7.45. The van der Waals surface area contributed by atoms with Crippen molar-refractivity contribution in [3.8, 4) is 0 Å². The summed E-state index contributed by atoms with van der Waals surface area (Å²) < 4.78 is 0. The van der Waals surface area contributed by atoms with Crippen molar-refractivity contribution in [1.82, 2.24) is 0 Å². The van der Waals surface area contributed by atoms with Crippen LogP contribution in [0.25, 0.3) is 0 Å². The van der Waals surface area contributed by atoms with Crippen LogP contribution in [0.15, 0.2) is 0 Å². The van der Waals surface area contributed by atoms with E-state index < -0.39 is 0 Å². The van der Waals surface area contributed by atoms with Gasteiger partial charge in [-0.1, -0.05) is 13.8 Å². The van der Waals surface area contributed by atoms with Crippen LogP contribution in [0.2, 0.25) is 0 Å². The molecular formula is C12H19P. The number of hydrogen-bond acceptors (Lipinski definition) is 0. The summed E-state index contributed by atoms with van der Waals surface area (Å²) in [5, 5.41) is 0.835. The largest absolute Gasteiger partial charge is 0.112 e. The van der Waals surface area contributed by atoms with E-state index >= 15 is 0 Å².